The maximum atomic E-state index is 12.0. The van der Waals surface area contributed by atoms with Crippen molar-refractivity contribution >= 4 is 31.9 Å². The fourth-order valence-corrected chi connectivity index (χ4v) is 3.64. The minimum Gasteiger partial charge on any atom is -0.475 e. The van der Waals surface area contributed by atoms with Crippen molar-refractivity contribution in [3.63, 3.8) is 0 Å². The molecule has 1 atom stereocenters. The molecule has 0 radical (unpaired) electrons. The van der Waals surface area contributed by atoms with Crippen molar-refractivity contribution < 1.29 is 27.8 Å². The van der Waals surface area contributed by atoms with Gasteiger partial charge in [-0.05, 0) is 35.7 Å². The molecule has 0 aliphatic carbocycles. The number of aromatic carboxylic acids is 1. The molecule has 9 heteroatoms. The summed E-state index contributed by atoms with van der Waals surface area (Å²) in [6.45, 7) is 1.63. The Morgan fingerprint density at radius 2 is 2.21 bits per heavy atom. The maximum Gasteiger partial charge on any atom is 0.371 e. The van der Waals surface area contributed by atoms with Crippen LogP contribution < -0.4 is 4.72 Å². The highest BCUT2D eigenvalue weighted by molar-refractivity contribution is 9.10. The van der Waals surface area contributed by atoms with E-state index in [1.54, 1.807) is 6.92 Å². The molecule has 1 heterocycles. The second kappa shape index (κ2) is 6.51. The number of aliphatic hydroxyl groups is 1. The van der Waals surface area contributed by atoms with Gasteiger partial charge in [-0.1, -0.05) is 0 Å². The zero-order chi connectivity index (χ0) is 14.6. The quantitative estimate of drug-likeness (QED) is 0.675. The van der Waals surface area contributed by atoms with Gasteiger partial charge in [-0.15, -0.1) is 0 Å². The summed E-state index contributed by atoms with van der Waals surface area (Å²) in [5, 5.41) is 17.4. The Balaban J connectivity index is 2.91. The van der Waals surface area contributed by atoms with Crippen LogP contribution in [0.5, 0.6) is 0 Å². The van der Waals surface area contributed by atoms with Gasteiger partial charge in [0.15, 0.2) is 4.67 Å². The van der Waals surface area contributed by atoms with Crippen LogP contribution in [0.1, 0.15) is 30.3 Å². The first-order valence-electron chi connectivity index (χ1n) is 5.43. The van der Waals surface area contributed by atoms with E-state index in [4.69, 9.17) is 14.6 Å². The number of hydrogen-bond acceptors (Lipinski definition) is 5. The first-order valence-corrected chi connectivity index (χ1v) is 7.71. The Bertz CT molecular complexity index is 552. The maximum absolute atomic E-state index is 12.0. The van der Waals surface area contributed by atoms with E-state index in [1.807, 2.05) is 0 Å². The zero-order valence-corrected chi connectivity index (χ0v) is 12.5. The van der Waals surface area contributed by atoms with E-state index in [0.717, 1.165) is 6.07 Å². The molecule has 0 saturated heterocycles. The number of carboxylic acid groups (broad SMARTS) is 1. The molecule has 108 valence electrons. The highest BCUT2D eigenvalue weighted by Gasteiger charge is 2.26. The Kier molecular flexibility index (Phi) is 5.53. The Labute approximate surface area is 118 Å². The minimum absolute atomic E-state index is 0.0232. The van der Waals surface area contributed by atoms with Gasteiger partial charge in [-0.2, -0.15) is 0 Å². The second-order valence-electron chi connectivity index (χ2n) is 3.94. The first-order chi connectivity index (χ1) is 8.77. The molecule has 19 heavy (non-hydrogen) atoms. The normalized spacial score (nSPS) is 13.4. The molecule has 3 N–H and O–H groups in total. The standard InChI is InChI=1S/C10H14BrNO6S/c1-6(3-2-4-13)12-19(16,17)8-5-7(10(14)15)18-9(8)11/h5-6,12-13H,2-4H2,1H3,(H,14,15). The van der Waals surface area contributed by atoms with Gasteiger partial charge in [-0.25, -0.2) is 17.9 Å². The van der Waals surface area contributed by atoms with Gasteiger partial charge < -0.3 is 14.6 Å². The fourth-order valence-electron chi connectivity index (χ4n) is 1.43. The number of carboxylic acids is 1. The monoisotopic (exact) mass is 355 g/mol. The van der Waals surface area contributed by atoms with Crippen molar-refractivity contribution in [3.05, 3.63) is 16.5 Å². The first kappa shape index (κ1) is 16.2. The summed E-state index contributed by atoms with van der Waals surface area (Å²) < 4.78 is 31.0. The number of rotatable bonds is 7. The topological polar surface area (TPSA) is 117 Å². The Morgan fingerprint density at radius 3 is 2.68 bits per heavy atom. The van der Waals surface area contributed by atoms with E-state index in [9.17, 15) is 13.2 Å². The molecule has 0 aromatic carbocycles. The molecule has 0 fully saturated rings. The Hall–Kier alpha value is -0.900. The third-order valence-corrected chi connectivity index (χ3v) is 4.75. The fraction of sp³-hybridized carbons (Fsp3) is 0.500. The number of carbonyl (C=O) groups is 1. The average molecular weight is 356 g/mol. The van der Waals surface area contributed by atoms with Crippen LogP contribution in [0.25, 0.3) is 0 Å². The summed E-state index contributed by atoms with van der Waals surface area (Å²) in [6, 6.07) is 0.556. The molecule has 0 aliphatic heterocycles. The molecule has 0 bridgehead atoms. The lowest BCUT2D eigenvalue weighted by molar-refractivity contribution is 0.0661. The molecular weight excluding hydrogens is 342 g/mol. The van der Waals surface area contributed by atoms with Crippen molar-refractivity contribution in [2.75, 3.05) is 6.61 Å². The molecule has 0 saturated carbocycles. The predicted octanol–water partition coefficient (Wildman–Crippen LogP) is 1.18. The summed E-state index contributed by atoms with van der Waals surface area (Å²) in [5.74, 6) is -1.81. The van der Waals surface area contributed by atoms with E-state index >= 15 is 0 Å². The molecule has 1 aromatic heterocycles. The second-order valence-corrected chi connectivity index (χ2v) is 6.34. The van der Waals surface area contributed by atoms with E-state index in [1.165, 1.54) is 0 Å². The van der Waals surface area contributed by atoms with Gasteiger partial charge in [0, 0.05) is 18.7 Å². The van der Waals surface area contributed by atoms with Crippen molar-refractivity contribution in [2.24, 2.45) is 0 Å². The number of hydrogen-bond donors (Lipinski definition) is 3. The van der Waals surface area contributed by atoms with Crippen LogP contribution in [0.2, 0.25) is 0 Å². The summed E-state index contributed by atoms with van der Waals surface area (Å²) >= 11 is 2.87. The van der Waals surface area contributed by atoms with Crippen molar-refractivity contribution in [1.29, 1.82) is 0 Å². The van der Waals surface area contributed by atoms with Crippen LogP contribution in [0.4, 0.5) is 0 Å². The number of nitrogens with one attached hydrogen (secondary N) is 1. The Morgan fingerprint density at radius 1 is 1.58 bits per heavy atom. The lowest BCUT2D eigenvalue weighted by atomic mass is 10.2. The summed E-state index contributed by atoms with van der Waals surface area (Å²) in [6.07, 6.45) is 0.938. The molecule has 0 amide bonds. The van der Waals surface area contributed by atoms with Crippen LogP contribution >= 0.6 is 15.9 Å². The summed E-state index contributed by atoms with van der Waals surface area (Å²) in [7, 11) is -3.87. The molecule has 7 nitrogen and oxygen atoms in total. The van der Waals surface area contributed by atoms with Crippen LogP contribution in [-0.4, -0.2) is 37.2 Å². The number of sulfonamides is 1. The number of aliphatic hydroxyl groups excluding tert-OH is 1. The van der Waals surface area contributed by atoms with Crippen LogP contribution in [0.3, 0.4) is 0 Å². The highest BCUT2D eigenvalue weighted by atomic mass is 79.9. The predicted molar refractivity (Wildman–Crippen MR) is 69.5 cm³/mol. The highest BCUT2D eigenvalue weighted by Crippen LogP contribution is 2.26. The zero-order valence-electron chi connectivity index (χ0n) is 10.1. The molecule has 1 rings (SSSR count). The molecular formula is C10H14BrNO6S. The van der Waals surface area contributed by atoms with Crippen LogP contribution in [-0.2, 0) is 10.0 Å². The van der Waals surface area contributed by atoms with Gasteiger partial charge in [0.25, 0.3) is 0 Å². The van der Waals surface area contributed by atoms with Gasteiger partial charge >= 0.3 is 5.97 Å². The van der Waals surface area contributed by atoms with E-state index in [2.05, 4.69) is 20.7 Å². The van der Waals surface area contributed by atoms with Gasteiger partial charge in [-0.3, -0.25) is 0 Å². The van der Waals surface area contributed by atoms with Crippen molar-refractivity contribution in [2.45, 2.75) is 30.7 Å². The molecule has 1 aromatic rings. The third kappa shape index (κ3) is 4.30. The SMILES string of the molecule is CC(CCCO)NS(=O)(=O)c1cc(C(=O)O)oc1Br. The molecule has 0 aliphatic rings. The van der Waals surface area contributed by atoms with Gasteiger partial charge in [0.2, 0.25) is 15.8 Å². The average Bonchev–Trinajstić information content (AvgIpc) is 2.69. The minimum atomic E-state index is -3.87. The molecule has 1 unspecified atom stereocenters. The largest absolute Gasteiger partial charge is 0.475 e. The number of halogens is 1. The van der Waals surface area contributed by atoms with E-state index in [0.29, 0.717) is 12.8 Å². The summed E-state index contributed by atoms with van der Waals surface area (Å²) in [4.78, 5) is 10.4. The number of furan rings is 1. The lowest BCUT2D eigenvalue weighted by Crippen LogP contribution is -2.32. The van der Waals surface area contributed by atoms with Gasteiger partial charge in [0.1, 0.15) is 4.90 Å². The smallest absolute Gasteiger partial charge is 0.371 e. The lowest BCUT2D eigenvalue weighted by Gasteiger charge is -2.12. The van der Waals surface area contributed by atoms with Crippen molar-refractivity contribution in [3.8, 4) is 0 Å². The summed E-state index contributed by atoms with van der Waals surface area (Å²) in [5.41, 5.74) is 0. The third-order valence-electron chi connectivity index (χ3n) is 2.31. The van der Waals surface area contributed by atoms with Crippen LogP contribution in [0.15, 0.2) is 20.0 Å². The van der Waals surface area contributed by atoms with Gasteiger partial charge in [0.05, 0.1) is 0 Å². The van der Waals surface area contributed by atoms with E-state index < -0.39 is 21.8 Å². The van der Waals surface area contributed by atoms with E-state index in [-0.39, 0.29) is 22.2 Å². The van der Waals surface area contributed by atoms with Crippen molar-refractivity contribution in [1.82, 2.24) is 4.72 Å². The molecule has 0 spiro atoms. The van der Waals surface area contributed by atoms with Crippen LogP contribution in [0, 0.1) is 0 Å².